The number of methoxy groups -OCH3 is 1. The minimum atomic E-state index is -0.0355. The molecule has 4 heteroatoms. The summed E-state index contributed by atoms with van der Waals surface area (Å²) in [6.45, 7) is 6.68. The van der Waals surface area contributed by atoms with Crippen molar-refractivity contribution in [2.24, 2.45) is 0 Å². The van der Waals surface area contributed by atoms with Crippen molar-refractivity contribution in [3.05, 3.63) is 53.1 Å². The first kappa shape index (κ1) is 16.9. The average Bonchev–Trinajstić information content (AvgIpc) is 2.51. The summed E-state index contributed by atoms with van der Waals surface area (Å²) in [5, 5.41) is 6.23. The molecule has 23 heavy (non-hydrogen) atoms. The molecule has 2 aromatic rings. The van der Waals surface area contributed by atoms with Crippen LogP contribution >= 0.6 is 0 Å². The number of anilines is 2. The van der Waals surface area contributed by atoms with Crippen molar-refractivity contribution < 1.29 is 9.53 Å². The molecule has 0 fully saturated rings. The maximum absolute atomic E-state index is 12.1. The minimum Gasteiger partial charge on any atom is -0.495 e. The van der Waals surface area contributed by atoms with Crippen molar-refractivity contribution in [1.29, 1.82) is 0 Å². The van der Waals surface area contributed by atoms with Crippen molar-refractivity contribution >= 4 is 17.3 Å². The first-order valence-corrected chi connectivity index (χ1v) is 7.75. The lowest BCUT2D eigenvalue weighted by Gasteiger charge is -2.12. The van der Waals surface area contributed by atoms with Gasteiger partial charge in [0.05, 0.1) is 12.8 Å². The molecule has 0 saturated heterocycles. The topological polar surface area (TPSA) is 50.4 Å². The van der Waals surface area contributed by atoms with Crippen molar-refractivity contribution in [3.8, 4) is 5.75 Å². The van der Waals surface area contributed by atoms with Crippen LogP contribution in [-0.4, -0.2) is 19.6 Å². The predicted octanol–water partition coefficient (Wildman–Crippen LogP) is 4.06. The van der Waals surface area contributed by atoms with Crippen LogP contribution in [0.25, 0.3) is 0 Å². The molecule has 122 valence electrons. The number of aryl methyl sites for hydroxylation is 3. The van der Waals surface area contributed by atoms with Gasteiger partial charge in [-0.2, -0.15) is 0 Å². The summed E-state index contributed by atoms with van der Waals surface area (Å²) in [5.41, 5.74) is 5.24. The number of hydrogen-bond acceptors (Lipinski definition) is 3. The van der Waals surface area contributed by atoms with E-state index in [9.17, 15) is 4.79 Å². The van der Waals surface area contributed by atoms with Gasteiger partial charge in [-0.25, -0.2) is 0 Å². The van der Waals surface area contributed by atoms with E-state index in [1.165, 1.54) is 11.1 Å². The molecule has 0 unspecified atom stereocenters. The summed E-state index contributed by atoms with van der Waals surface area (Å²) in [5.74, 6) is 0.637. The van der Waals surface area contributed by atoms with Gasteiger partial charge >= 0.3 is 0 Å². The molecule has 1 amide bonds. The van der Waals surface area contributed by atoms with Crippen LogP contribution in [0.5, 0.6) is 5.75 Å². The van der Waals surface area contributed by atoms with Crippen LogP contribution in [0.3, 0.4) is 0 Å². The van der Waals surface area contributed by atoms with Crippen molar-refractivity contribution in [2.45, 2.75) is 27.2 Å². The lowest BCUT2D eigenvalue weighted by Crippen LogP contribution is -2.17. The number of amides is 1. The van der Waals surface area contributed by atoms with E-state index in [4.69, 9.17) is 4.74 Å². The van der Waals surface area contributed by atoms with E-state index in [-0.39, 0.29) is 5.91 Å². The lowest BCUT2D eigenvalue weighted by atomic mass is 10.1. The van der Waals surface area contributed by atoms with E-state index in [0.29, 0.717) is 24.4 Å². The number of carbonyl (C=O) groups excluding carboxylic acids is 1. The smallest absolute Gasteiger partial charge is 0.226 e. The summed E-state index contributed by atoms with van der Waals surface area (Å²) < 4.78 is 5.27. The van der Waals surface area contributed by atoms with Crippen LogP contribution in [0.2, 0.25) is 0 Å². The number of carbonyl (C=O) groups is 1. The van der Waals surface area contributed by atoms with Gasteiger partial charge in [-0.1, -0.05) is 18.2 Å². The summed E-state index contributed by atoms with van der Waals surface area (Å²) >= 11 is 0. The third-order valence-corrected chi connectivity index (χ3v) is 3.69. The molecular weight excluding hydrogens is 288 g/mol. The van der Waals surface area contributed by atoms with E-state index in [1.807, 2.05) is 25.1 Å². The summed E-state index contributed by atoms with van der Waals surface area (Å²) in [6.07, 6.45) is 0.393. The van der Waals surface area contributed by atoms with Gasteiger partial charge in [-0.3, -0.25) is 4.79 Å². The van der Waals surface area contributed by atoms with E-state index in [1.54, 1.807) is 7.11 Å². The molecule has 0 aliphatic rings. The molecule has 0 aliphatic carbocycles. The highest BCUT2D eigenvalue weighted by Crippen LogP contribution is 2.25. The van der Waals surface area contributed by atoms with Crippen molar-refractivity contribution in [2.75, 3.05) is 24.3 Å². The molecule has 0 saturated carbocycles. The van der Waals surface area contributed by atoms with E-state index in [2.05, 4.69) is 42.7 Å². The Morgan fingerprint density at radius 2 is 1.65 bits per heavy atom. The maximum Gasteiger partial charge on any atom is 0.226 e. The monoisotopic (exact) mass is 312 g/mol. The first-order chi connectivity index (χ1) is 11.0. The minimum absolute atomic E-state index is 0.0355. The fourth-order valence-electron chi connectivity index (χ4n) is 2.37. The Labute approximate surface area is 137 Å². The molecule has 0 radical (unpaired) electrons. The Kier molecular flexibility index (Phi) is 5.63. The molecule has 0 bridgehead atoms. The number of ether oxygens (including phenoxy) is 1. The molecule has 0 aliphatic heterocycles. The molecule has 0 spiro atoms. The van der Waals surface area contributed by atoms with Crippen LogP contribution < -0.4 is 15.4 Å². The highest BCUT2D eigenvalue weighted by Gasteiger charge is 2.08. The summed E-state index contributed by atoms with van der Waals surface area (Å²) in [7, 11) is 1.60. The van der Waals surface area contributed by atoms with Gasteiger partial charge in [0, 0.05) is 18.7 Å². The van der Waals surface area contributed by atoms with Gasteiger partial charge in [-0.05, 0) is 55.7 Å². The van der Waals surface area contributed by atoms with Gasteiger partial charge in [0.15, 0.2) is 0 Å². The van der Waals surface area contributed by atoms with Crippen molar-refractivity contribution in [1.82, 2.24) is 0 Å². The van der Waals surface area contributed by atoms with E-state index >= 15 is 0 Å². The molecule has 0 atom stereocenters. The van der Waals surface area contributed by atoms with E-state index < -0.39 is 0 Å². The summed E-state index contributed by atoms with van der Waals surface area (Å²) in [4.78, 5) is 12.1. The van der Waals surface area contributed by atoms with Gasteiger partial charge in [-0.15, -0.1) is 0 Å². The Balaban J connectivity index is 1.91. The highest BCUT2D eigenvalue weighted by molar-refractivity contribution is 5.92. The molecule has 2 N–H and O–H groups in total. The summed E-state index contributed by atoms with van der Waals surface area (Å²) in [6, 6.07) is 12.0. The number of nitrogens with one attached hydrogen (secondary N) is 2. The van der Waals surface area contributed by atoms with Gasteiger partial charge < -0.3 is 15.4 Å². The average molecular weight is 312 g/mol. The Bertz CT molecular complexity index is 696. The third-order valence-electron chi connectivity index (χ3n) is 3.69. The zero-order valence-electron chi connectivity index (χ0n) is 14.2. The predicted molar refractivity (Wildman–Crippen MR) is 95.4 cm³/mol. The second-order valence-electron chi connectivity index (χ2n) is 5.75. The van der Waals surface area contributed by atoms with Crippen molar-refractivity contribution in [3.63, 3.8) is 0 Å². The first-order valence-electron chi connectivity index (χ1n) is 7.75. The maximum atomic E-state index is 12.1. The molecular formula is C19H24N2O2. The SMILES string of the molecule is COc1ccc(C)cc1NC(=O)CCNc1cc(C)ccc1C. The lowest BCUT2D eigenvalue weighted by molar-refractivity contribution is -0.116. The molecule has 2 rings (SSSR count). The van der Waals surface area contributed by atoms with Gasteiger partial charge in [0.1, 0.15) is 5.75 Å². The number of hydrogen-bond donors (Lipinski definition) is 2. The van der Waals surface area contributed by atoms with Crippen LogP contribution in [0, 0.1) is 20.8 Å². The standard InChI is InChI=1S/C19H24N2O2/c1-13-5-7-15(3)16(11-13)20-10-9-19(22)21-17-12-14(2)6-8-18(17)23-4/h5-8,11-12,20H,9-10H2,1-4H3,(H,21,22). The highest BCUT2D eigenvalue weighted by atomic mass is 16.5. The molecule has 0 aromatic heterocycles. The quantitative estimate of drug-likeness (QED) is 0.845. The van der Waals surface area contributed by atoms with Gasteiger partial charge in [0.2, 0.25) is 5.91 Å². The van der Waals surface area contributed by atoms with Crippen LogP contribution in [0.1, 0.15) is 23.1 Å². The second kappa shape index (κ2) is 7.68. The fraction of sp³-hybridized carbons (Fsp3) is 0.316. The Hall–Kier alpha value is -2.49. The third kappa shape index (κ3) is 4.74. The molecule has 0 heterocycles. The van der Waals surface area contributed by atoms with Crippen LogP contribution in [0.15, 0.2) is 36.4 Å². The fourth-order valence-corrected chi connectivity index (χ4v) is 2.37. The van der Waals surface area contributed by atoms with E-state index in [0.717, 1.165) is 11.3 Å². The molecule has 4 nitrogen and oxygen atoms in total. The Morgan fingerprint density at radius 1 is 1.00 bits per heavy atom. The Morgan fingerprint density at radius 3 is 2.35 bits per heavy atom. The van der Waals surface area contributed by atoms with Crippen LogP contribution in [-0.2, 0) is 4.79 Å². The largest absolute Gasteiger partial charge is 0.495 e. The second-order valence-corrected chi connectivity index (χ2v) is 5.75. The number of benzene rings is 2. The van der Waals surface area contributed by atoms with Gasteiger partial charge in [0.25, 0.3) is 0 Å². The normalized spacial score (nSPS) is 10.3. The zero-order chi connectivity index (χ0) is 16.8. The van der Waals surface area contributed by atoms with Crippen LogP contribution in [0.4, 0.5) is 11.4 Å². The molecule has 2 aromatic carbocycles. The number of rotatable bonds is 6. The zero-order valence-corrected chi connectivity index (χ0v) is 14.2.